The smallest absolute Gasteiger partial charge is 0.259 e. The predicted molar refractivity (Wildman–Crippen MR) is 122 cm³/mol. The number of terminal acetylenes is 1. The molecule has 1 aliphatic heterocycles. The van der Waals surface area contributed by atoms with Crippen molar-refractivity contribution < 1.29 is 14.3 Å². The van der Waals surface area contributed by atoms with Crippen molar-refractivity contribution in [2.75, 3.05) is 25.6 Å². The van der Waals surface area contributed by atoms with Crippen molar-refractivity contribution in [1.29, 1.82) is 0 Å². The zero-order valence-electron chi connectivity index (χ0n) is 17.0. The molecule has 31 heavy (non-hydrogen) atoms. The first-order valence-electron chi connectivity index (χ1n) is 9.58. The number of anilines is 1. The third kappa shape index (κ3) is 4.88. The van der Waals surface area contributed by atoms with Crippen LogP contribution in [0, 0.1) is 19.3 Å². The lowest BCUT2D eigenvalue weighted by atomic mass is 9.97. The summed E-state index contributed by atoms with van der Waals surface area (Å²) in [7, 11) is 1.58. The highest BCUT2D eigenvalue weighted by molar-refractivity contribution is 8.01. The van der Waals surface area contributed by atoms with E-state index in [9.17, 15) is 4.79 Å². The fourth-order valence-electron chi connectivity index (χ4n) is 3.19. The van der Waals surface area contributed by atoms with Crippen molar-refractivity contribution >= 4 is 34.1 Å². The monoisotopic (exact) mass is 452 g/mol. The molecule has 0 radical (unpaired) electrons. The second kappa shape index (κ2) is 9.47. The van der Waals surface area contributed by atoms with Crippen molar-refractivity contribution in [1.82, 2.24) is 15.2 Å². The van der Waals surface area contributed by atoms with Crippen LogP contribution in [-0.2, 0) is 4.74 Å². The number of nitrogens with zero attached hydrogens (tertiary/aromatic N) is 3. The summed E-state index contributed by atoms with van der Waals surface area (Å²) in [6.45, 7) is 3.35. The van der Waals surface area contributed by atoms with Crippen molar-refractivity contribution in [2.24, 2.45) is 0 Å². The number of nitrogens with one attached hydrogen (secondary N) is 1. The van der Waals surface area contributed by atoms with Crippen LogP contribution in [0.25, 0.3) is 11.1 Å². The van der Waals surface area contributed by atoms with Gasteiger partial charge in [0, 0.05) is 40.4 Å². The van der Waals surface area contributed by atoms with Gasteiger partial charge in [0.05, 0.1) is 19.3 Å². The molecule has 2 aromatic heterocycles. The number of methoxy groups -OCH3 is 1. The first-order valence-corrected chi connectivity index (χ1v) is 11.3. The van der Waals surface area contributed by atoms with Gasteiger partial charge in [0.15, 0.2) is 4.34 Å². The standard InChI is InChI=1S/C22H20N4O3S2/c1-4-14-5-6-19(28-3)17(10-14)16-9-13(2)23-11-18(16)20(27)24-21-25-26-22(31-21)30-15-7-8-29-12-15/h1,5-6,9-11,15H,7-8,12H2,2-3H3,(H,24,25,27). The van der Waals surface area contributed by atoms with Gasteiger partial charge >= 0.3 is 0 Å². The molecule has 1 N–H and O–H groups in total. The van der Waals surface area contributed by atoms with Crippen LogP contribution in [0.2, 0.25) is 0 Å². The van der Waals surface area contributed by atoms with E-state index >= 15 is 0 Å². The third-order valence-corrected chi connectivity index (χ3v) is 6.88. The van der Waals surface area contributed by atoms with E-state index < -0.39 is 0 Å². The number of benzene rings is 1. The molecule has 1 fully saturated rings. The number of carbonyl (C=O) groups is 1. The Balaban J connectivity index is 1.61. The number of aryl methyl sites for hydroxylation is 1. The molecule has 1 saturated heterocycles. The summed E-state index contributed by atoms with van der Waals surface area (Å²) in [5, 5.41) is 11.9. The molecule has 0 bridgehead atoms. The Hall–Kier alpha value is -2.93. The largest absolute Gasteiger partial charge is 0.496 e. The van der Waals surface area contributed by atoms with E-state index in [1.54, 1.807) is 37.2 Å². The summed E-state index contributed by atoms with van der Waals surface area (Å²) in [4.78, 5) is 17.4. The molecule has 1 unspecified atom stereocenters. The Morgan fingerprint density at radius 1 is 1.35 bits per heavy atom. The molecule has 1 amide bonds. The van der Waals surface area contributed by atoms with Crippen LogP contribution in [0.5, 0.6) is 5.75 Å². The molecule has 0 spiro atoms. The zero-order valence-corrected chi connectivity index (χ0v) is 18.7. The maximum absolute atomic E-state index is 13.1. The first kappa shape index (κ1) is 21.3. The van der Waals surface area contributed by atoms with E-state index in [-0.39, 0.29) is 5.91 Å². The van der Waals surface area contributed by atoms with Gasteiger partial charge in [-0.05, 0) is 37.6 Å². The lowest BCUT2D eigenvalue weighted by Gasteiger charge is -2.13. The number of hydrogen-bond donors (Lipinski definition) is 1. The van der Waals surface area contributed by atoms with Gasteiger partial charge in [-0.3, -0.25) is 15.1 Å². The minimum absolute atomic E-state index is 0.326. The van der Waals surface area contributed by atoms with E-state index in [1.807, 2.05) is 19.1 Å². The van der Waals surface area contributed by atoms with Crippen LogP contribution >= 0.6 is 23.1 Å². The van der Waals surface area contributed by atoms with Crippen molar-refractivity contribution in [3.05, 3.63) is 47.3 Å². The van der Waals surface area contributed by atoms with Gasteiger partial charge in [-0.15, -0.1) is 16.6 Å². The third-order valence-electron chi connectivity index (χ3n) is 4.72. The van der Waals surface area contributed by atoms with E-state index in [0.717, 1.165) is 28.6 Å². The van der Waals surface area contributed by atoms with Gasteiger partial charge < -0.3 is 9.47 Å². The molecule has 0 aliphatic carbocycles. The van der Waals surface area contributed by atoms with Crippen LogP contribution in [-0.4, -0.2) is 46.7 Å². The van der Waals surface area contributed by atoms with Crippen LogP contribution in [0.4, 0.5) is 5.13 Å². The normalized spacial score (nSPS) is 15.5. The Morgan fingerprint density at radius 2 is 2.23 bits per heavy atom. The molecule has 4 rings (SSSR count). The molecule has 3 heterocycles. The number of carbonyl (C=O) groups excluding carboxylic acids is 1. The minimum atomic E-state index is -0.326. The number of amides is 1. The molecule has 0 saturated carbocycles. The fraction of sp³-hybridized carbons (Fsp3) is 0.273. The van der Waals surface area contributed by atoms with E-state index in [1.165, 1.54) is 11.3 Å². The van der Waals surface area contributed by atoms with Gasteiger partial charge in [0.2, 0.25) is 5.13 Å². The van der Waals surface area contributed by atoms with Crippen LogP contribution < -0.4 is 10.1 Å². The van der Waals surface area contributed by atoms with Crippen molar-refractivity contribution in [3.8, 4) is 29.2 Å². The van der Waals surface area contributed by atoms with Crippen LogP contribution in [0.15, 0.2) is 34.8 Å². The fourth-order valence-corrected chi connectivity index (χ4v) is 5.25. The molecule has 9 heteroatoms. The van der Waals surface area contributed by atoms with Gasteiger partial charge in [-0.2, -0.15) is 0 Å². The van der Waals surface area contributed by atoms with Crippen molar-refractivity contribution in [3.63, 3.8) is 0 Å². The lowest BCUT2D eigenvalue weighted by molar-refractivity contribution is 0.102. The number of rotatable bonds is 6. The summed E-state index contributed by atoms with van der Waals surface area (Å²) < 4.78 is 11.7. The zero-order chi connectivity index (χ0) is 21.8. The highest BCUT2D eigenvalue weighted by atomic mass is 32.2. The number of pyridine rings is 1. The second-order valence-electron chi connectivity index (χ2n) is 6.86. The average Bonchev–Trinajstić information content (AvgIpc) is 3.45. The molecule has 1 atom stereocenters. The van der Waals surface area contributed by atoms with Gasteiger partial charge in [-0.25, -0.2) is 0 Å². The molecule has 1 aliphatic rings. The Labute approximate surface area is 188 Å². The number of ether oxygens (including phenoxy) is 2. The summed E-state index contributed by atoms with van der Waals surface area (Å²) in [6, 6.07) is 7.26. The summed E-state index contributed by atoms with van der Waals surface area (Å²) in [5.74, 6) is 2.92. The van der Waals surface area contributed by atoms with E-state index in [4.69, 9.17) is 15.9 Å². The number of aromatic nitrogens is 3. The SMILES string of the molecule is C#Cc1ccc(OC)c(-c2cc(C)ncc2C(=O)Nc2nnc(SC3CCOC3)s2)c1. The Bertz CT molecular complexity index is 1150. The lowest BCUT2D eigenvalue weighted by Crippen LogP contribution is -2.14. The Kier molecular flexibility index (Phi) is 6.51. The summed E-state index contributed by atoms with van der Waals surface area (Å²) in [6.07, 6.45) is 8.11. The highest BCUT2D eigenvalue weighted by Gasteiger charge is 2.21. The Morgan fingerprint density at radius 3 is 2.97 bits per heavy atom. The predicted octanol–water partition coefficient (Wildman–Crippen LogP) is 4.03. The summed E-state index contributed by atoms with van der Waals surface area (Å²) >= 11 is 2.97. The van der Waals surface area contributed by atoms with Gasteiger partial charge in [0.1, 0.15) is 5.75 Å². The number of thioether (sulfide) groups is 1. The van der Waals surface area contributed by atoms with E-state index in [2.05, 4.69) is 26.4 Å². The molecule has 7 nitrogen and oxygen atoms in total. The first-order chi connectivity index (χ1) is 15.1. The maximum atomic E-state index is 13.1. The van der Waals surface area contributed by atoms with E-state index in [0.29, 0.717) is 39.4 Å². The van der Waals surface area contributed by atoms with Crippen LogP contribution in [0.3, 0.4) is 0 Å². The molecule has 1 aromatic carbocycles. The highest BCUT2D eigenvalue weighted by Crippen LogP contribution is 2.35. The van der Waals surface area contributed by atoms with Gasteiger partial charge in [-0.1, -0.05) is 29.0 Å². The molecule has 3 aromatic rings. The summed E-state index contributed by atoms with van der Waals surface area (Å²) in [5.41, 5.74) is 3.27. The molecular formula is C22H20N4O3S2. The number of hydrogen-bond acceptors (Lipinski definition) is 8. The average molecular weight is 453 g/mol. The van der Waals surface area contributed by atoms with Gasteiger partial charge in [0.25, 0.3) is 5.91 Å². The quantitative estimate of drug-likeness (QED) is 0.446. The maximum Gasteiger partial charge on any atom is 0.259 e. The van der Waals surface area contributed by atoms with Crippen molar-refractivity contribution in [2.45, 2.75) is 22.9 Å². The van der Waals surface area contributed by atoms with Crippen LogP contribution in [0.1, 0.15) is 28.0 Å². The topological polar surface area (TPSA) is 86.2 Å². The molecule has 158 valence electrons. The second-order valence-corrected chi connectivity index (χ2v) is 9.39. The molecular weight excluding hydrogens is 432 g/mol. The minimum Gasteiger partial charge on any atom is -0.496 e.